The highest BCUT2D eigenvalue weighted by atomic mass is 35.5. The summed E-state index contributed by atoms with van der Waals surface area (Å²) in [6.07, 6.45) is 0.425. The lowest BCUT2D eigenvalue weighted by Crippen LogP contribution is -2.34. The van der Waals surface area contributed by atoms with Crippen LogP contribution in [0.5, 0.6) is 0 Å². The van der Waals surface area contributed by atoms with Gasteiger partial charge in [0.1, 0.15) is 0 Å². The second kappa shape index (κ2) is 5.90. The number of hydrogen-bond acceptors (Lipinski definition) is 1. The standard InChI is InChI=1S/C13H18ClNO/c1-9-4-5-10(2)12(6-9)7-13(16)15-11(3)8-14/h4-6,11H,7-8H2,1-3H3,(H,15,16). The van der Waals surface area contributed by atoms with E-state index in [0.29, 0.717) is 12.3 Å². The molecule has 16 heavy (non-hydrogen) atoms. The van der Waals surface area contributed by atoms with Gasteiger partial charge in [-0.3, -0.25) is 4.79 Å². The molecule has 0 fully saturated rings. The third-order valence-corrected chi connectivity index (χ3v) is 2.96. The van der Waals surface area contributed by atoms with E-state index in [-0.39, 0.29) is 11.9 Å². The molecule has 1 amide bonds. The van der Waals surface area contributed by atoms with Crippen molar-refractivity contribution in [2.24, 2.45) is 0 Å². The number of alkyl halides is 1. The van der Waals surface area contributed by atoms with E-state index in [9.17, 15) is 4.79 Å². The summed E-state index contributed by atoms with van der Waals surface area (Å²) in [6.45, 7) is 5.95. The number of benzene rings is 1. The molecule has 0 aliphatic rings. The maximum Gasteiger partial charge on any atom is 0.224 e. The van der Waals surface area contributed by atoms with Gasteiger partial charge < -0.3 is 5.32 Å². The molecule has 1 aromatic rings. The van der Waals surface area contributed by atoms with E-state index in [0.717, 1.165) is 11.1 Å². The fraction of sp³-hybridized carbons (Fsp3) is 0.462. The van der Waals surface area contributed by atoms with E-state index in [1.165, 1.54) is 5.56 Å². The molecule has 0 radical (unpaired) electrons. The molecular formula is C13H18ClNO. The summed E-state index contributed by atoms with van der Waals surface area (Å²) in [6, 6.07) is 6.18. The van der Waals surface area contributed by atoms with Crippen molar-refractivity contribution in [3.63, 3.8) is 0 Å². The van der Waals surface area contributed by atoms with E-state index in [2.05, 4.69) is 17.4 Å². The van der Waals surface area contributed by atoms with Gasteiger partial charge in [-0.2, -0.15) is 0 Å². The molecule has 88 valence electrons. The van der Waals surface area contributed by atoms with E-state index in [4.69, 9.17) is 11.6 Å². The minimum Gasteiger partial charge on any atom is -0.352 e. The van der Waals surface area contributed by atoms with Crippen LogP contribution in [0.25, 0.3) is 0 Å². The topological polar surface area (TPSA) is 29.1 Å². The van der Waals surface area contributed by atoms with Crippen molar-refractivity contribution in [2.45, 2.75) is 33.2 Å². The first kappa shape index (κ1) is 13.0. The first-order valence-corrected chi connectivity index (χ1v) is 5.98. The molecule has 0 saturated heterocycles. The Morgan fingerprint density at radius 1 is 1.44 bits per heavy atom. The minimum absolute atomic E-state index is 0.0271. The van der Waals surface area contributed by atoms with Gasteiger partial charge in [0.15, 0.2) is 0 Å². The summed E-state index contributed by atoms with van der Waals surface area (Å²) >= 11 is 5.64. The molecule has 0 saturated carbocycles. The summed E-state index contributed by atoms with van der Waals surface area (Å²) in [4.78, 5) is 11.7. The molecule has 0 aliphatic heterocycles. The van der Waals surface area contributed by atoms with Gasteiger partial charge in [0.2, 0.25) is 5.91 Å². The maximum atomic E-state index is 11.7. The van der Waals surface area contributed by atoms with Crippen molar-refractivity contribution < 1.29 is 4.79 Å². The van der Waals surface area contributed by atoms with Crippen molar-refractivity contribution in [3.05, 3.63) is 34.9 Å². The highest BCUT2D eigenvalue weighted by molar-refractivity contribution is 6.18. The van der Waals surface area contributed by atoms with Crippen LogP contribution in [0, 0.1) is 13.8 Å². The van der Waals surface area contributed by atoms with E-state index in [1.807, 2.05) is 26.8 Å². The lowest BCUT2D eigenvalue weighted by Gasteiger charge is -2.12. The van der Waals surface area contributed by atoms with Crippen LogP contribution in [0.4, 0.5) is 0 Å². The van der Waals surface area contributed by atoms with Crippen LogP contribution in [-0.4, -0.2) is 17.8 Å². The molecule has 1 unspecified atom stereocenters. The SMILES string of the molecule is Cc1ccc(C)c(CC(=O)NC(C)CCl)c1. The number of carbonyl (C=O) groups is 1. The van der Waals surface area contributed by atoms with Crippen molar-refractivity contribution in [3.8, 4) is 0 Å². The summed E-state index contributed by atoms with van der Waals surface area (Å²) in [5.74, 6) is 0.472. The van der Waals surface area contributed by atoms with Gasteiger partial charge in [-0.1, -0.05) is 23.8 Å². The molecule has 2 nitrogen and oxygen atoms in total. The first-order chi connectivity index (χ1) is 7.52. The Bertz CT molecular complexity index is 376. The van der Waals surface area contributed by atoms with Crippen LogP contribution < -0.4 is 5.32 Å². The van der Waals surface area contributed by atoms with Gasteiger partial charge >= 0.3 is 0 Å². The molecule has 0 heterocycles. The second-order valence-corrected chi connectivity index (χ2v) is 4.54. The highest BCUT2D eigenvalue weighted by Gasteiger charge is 2.08. The zero-order chi connectivity index (χ0) is 12.1. The Morgan fingerprint density at radius 3 is 2.75 bits per heavy atom. The molecule has 1 rings (SSSR count). The largest absolute Gasteiger partial charge is 0.352 e. The molecule has 0 aromatic heterocycles. The van der Waals surface area contributed by atoms with Crippen LogP contribution in [0.3, 0.4) is 0 Å². The smallest absolute Gasteiger partial charge is 0.224 e. The Balaban J connectivity index is 2.65. The Morgan fingerprint density at radius 2 is 2.12 bits per heavy atom. The van der Waals surface area contributed by atoms with Crippen LogP contribution in [0.1, 0.15) is 23.6 Å². The summed E-state index contributed by atoms with van der Waals surface area (Å²) in [7, 11) is 0. The predicted molar refractivity (Wildman–Crippen MR) is 67.9 cm³/mol. The molecular weight excluding hydrogens is 222 g/mol. The fourth-order valence-corrected chi connectivity index (χ4v) is 1.61. The van der Waals surface area contributed by atoms with Gasteiger partial charge in [0.05, 0.1) is 6.42 Å². The van der Waals surface area contributed by atoms with Gasteiger partial charge in [-0.05, 0) is 31.9 Å². The monoisotopic (exact) mass is 239 g/mol. The molecule has 1 N–H and O–H groups in total. The minimum atomic E-state index is 0.0271. The van der Waals surface area contributed by atoms with Crippen molar-refractivity contribution in [1.29, 1.82) is 0 Å². The number of nitrogens with one attached hydrogen (secondary N) is 1. The highest BCUT2D eigenvalue weighted by Crippen LogP contribution is 2.11. The normalized spacial score (nSPS) is 12.2. The maximum absolute atomic E-state index is 11.7. The summed E-state index contributed by atoms with van der Waals surface area (Å²) in [5.41, 5.74) is 3.41. The van der Waals surface area contributed by atoms with Crippen LogP contribution in [0.15, 0.2) is 18.2 Å². The third-order valence-electron chi connectivity index (χ3n) is 2.49. The van der Waals surface area contributed by atoms with Crippen molar-refractivity contribution in [1.82, 2.24) is 5.32 Å². The number of rotatable bonds is 4. The molecule has 1 aromatic carbocycles. The average Bonchev–Trinajstić information content (AvgIpc) is 2.23. The summed E-state index contributed by atoms with van der Waals surface area (Å²) in [5, 5.41) is 2.85. The number of aryl methyl sites for hydroxylation is 2. The van der Waals surface area contributed by atoms with Crippen LogP contribution in [0.2, 0.25) is 0 Å². The molecule has 1 atom stereocenters. The van der Waals surface area contributed by atoms with Crippen molar-refractivity contribution >= 4 is 17.5 Å². The third kappa shape index (κ3) is 3.86. The van der Waals surface area contributed by atoms with E-state index < -0.39 is 0 Å². The number of carbonyl (C=O) groups excluding carboxylic acids is 1. The first-order valence-electron chi connectivity index (χ1n) is 5.44. The quantitative estimate of drug-likeness (QED) is 0.804. The van der Waals surface area contributed by atoms with Gasteiger partial charge in [0, 0.05) is 11.9 Å². The lowest BCUT2D eigenvalue weighted by molar-refractivity contribution is -0.120. The second-order valence-electron chi connectivity index (χ2n) is 4.23. The van der Waals surface area contributed by atoms with Crippen molar-refractivity contribution in [2.75, 3.05) is 5.88 Å². The van der Waals surface area contributed by atoms with Gasteiger partial charge in [-0.25, -0.2) is 0 Å². The summed E-state index contributed by atoms with van der Waals surface area (Å²) < 4.78 is 0. The van der Waals surface area contributed by atoms with Gasteiger partial charge in [-0.15, -0.1) is 11.6 Å². The molecule has 0 bridgehead atoms. The fourth-order valence-electron chi connectivity index (χ4n) is 1.53. The number of hydrogen-bond donors (Lipinski definition) is 1. The zero-order valence-corrected chi connectivity index (χ0v) is 10.8. The van der Waals surface area contributed by atoms with E-state index >= 15 is 0 Å². The molecule has 0 spiro atoms. The Kier molecular flexibility index (Phi) is 4.81. The van der Waals surface area contributed by atoms with Crippen LogP contribution in [-0.2, 0) is 11.2 Å². The number of halogens is 1. The van der Waals surface area contributed by atoms with Crippen LogP contribution >= 0.6 is 11.6 Å². The number of amides is 1. The Labute approximate surface area is 102 Å². The Hall–Kier alpha value is -1.02. The van der Waals surface area contributed by atoms with E-state index in [1.54, 1.807) is 0 Å². The molecule has 3 heteroatoms. The predicted octanol–water partition coefficient (Wildman–Crippen LogP) is 2.59. The molecule has 0 aliphatic carbocycles. The zero-order valence-electron chi connectivity index (χ0n) is 10.0. The average molecular weight is 240 g/mol. The lowest BCUT2D eigenvalue weighted by atomic mass is 10.0. The van der Waals surface area contributed by atoms with Gasteiger partial charge in [0.25, 0.3) is 0 Å².